The van der Waals surface area contributed by atoms with Gasteiger partial charge in [-0.15, -0.1) is 0 Å². The number of carbonyl (C=O) groups is 1. The van der Waals surface area contributed by atoms with E-state index in [1.165, 1.54) is 0 Å². The van der Waals surface area contributed by atoms with E-state index in [0.29, 0.717) is 3.71 Å². The molecule has 0 unspecified atom stereocenters. The summed E-state index contributed by atoms with van der Waals surface area (Å²) in [6.07, 6.45) is -1.18. The summed E-state index contributed by atoms with van der Waals surface area (Å²) in [5, 5.41) is 7.76. The highest BCUT2D eigenvalue weighted by Crippen LogP contribution is 1.94. The van der Waals surface area contributed by atoms with Gasteiger partial charge < -0.3 is 5.11 Å². The summed E-state index contributed by atoms with van der Waals surface area (Å²) in [6, 6.07) is 0. The molecule has 1 N–H and O–H groups in total. The number of thiol groups is 2. The fourth-order valence-electron chi connectivity index (χ4n) is 0. The maximum absolute atomic E-state index is 9.47. The van der Waals surface area contributed by atoms with Crippen LogP contribution in [0.4, 0.5) is 4.79 Å². The fourth-order valence-corrected chi connectivity index (χ4v) is 0. The van der Waals surface area contributed by atoms with Crippen molar-refractivity contribution in [3.8, 4) is 0 Å². The Morgan fingerprint density at radius 1 is 1.57 bits per heavy atom. The van der Waals surface area contributed by atoms with Crippen LogP contribution in [-0.4, -0.2) is 32.3 Å². The quantitative estimate of drug-likeness (QED) is 0.325. The molecule has 0 aromatic rings. The zero-order chi connectivity index (χ0) is 5.15. The van der Waals surface area contributed by atoms with Gasteiger partial charge in [0.25, 0.3) is 0 Å². The van der Waals surface area contributed by atoms with Gasteiger partial charge in [0.15, 0.2) is 17.4 Å². The van der Waals surface area contributed by atoms with Crippen molar-refractivity contribution >= 4 is 49.1 Å². The van der Waals surface area contributed by atoms with Gasteiger partial charge in [0.1, 0.15) is 0 Å². The van der Waals surface area contributed by atoms with Gasteiger partial charge in [0.2, 0.25) is 0 Å². The number of nitrogens with zero attached hydrogens (tertiary/aromatic N) is 1. The minimum Gasteiger partial charge on any atom is -0.464 e. The van der Waals surface area contributed by atoms with Crippen LogP contribution in [0.5, 0.6) is 0 Å². The molecule has 0 saturated heterocycles. The molecule has 0 rings (SSSR count). The average Bonchev–Trinajstić information content (AvgIpc) is 1.36. The zero-order valence-electron chi connectivity index (χ0n) is 2.70. The molecule has 0 spiro atoms. The Balaban J connectivity index is 0. The first-order chi connectivity index (χ1) is 2.64. The predicted octanol–water partition coefficient (Wildman–Crippen LogP) is -0.528. The molecule has 0 saturated carbocycles. The van der Waals surface area contributed by atoms with E-state index in [1.54, 1.807) is 0 Å². The summed E-state index contributed by atoms with van der Waals surface area (Å²) in [4.78, 5) is 9.47. The molecule has 0 aromatic heterocycles. The molecule has 0 aromatic carbocycles. The summed E-state index contributed by atoms with van der Waals surface area (Å²) in [6.45, 7) is 0. The van der Waals surface area contributed by atoms with Gasteiger partial charge in [-0.25, -0.2) is 4.79 Å². The molecule has 7 heavy (non-hydrogen) atoms. The average molecular weight is 155 g/mol. The van der Waals surface area contributed by atoms with Gasteiger partial charge >= 0.3 is 6.09 Å². The van der Waals surface area contributed by atoms with Gasteiger partial charge in [0.05, 0.1) is 0 Å². The Morgan fingerprint density at radius 2 is 1.71 bits per heavy atom. The molecule has 0 aliphatic carbocycles. The maximum Gasteiger partial charge on any atom is 0.427 e. The van der Waals surface area contributed by atoms with Crippen LogP contribution in [-0.2, 0) is 0 Å². The normalized spacial score (nSPS) is 6.57. The van der Waals surface area contributed by atoms with Crippen molar-refractivity contribution in [3.63, 3.8) is 0 Å². The molecular weight excluding hydrogens is 149 g/mol. The summed E-state index contributed by atoms with van der Waals surface area (Å²) in [5.41, 5.74) is 0. The van der Waals surface area contributed by atoms with Crippen molar-refractivity contribution in [2.24, 2.45) is 0 Å². The van der Waals surface area contributed by atoms with Crippen molar-refractivity contribution in [1.82, 2.24) is 3.71 Å². The van der Waals surface area contributed by atoms with Crippen LogP contribution >= 0.6 is 25.6 Å². The van der Waals surface area contributed by atoms with Crippen molar-refractivity contribution in [3.05, 3.63) is 0 Å². The molecule has 0 bridgehead atoms. The number of amides is 1. The van der Waals surface area contributed by atoms with Gasteiger partial charge in [-0.1, -0.05) is 0 Å². The molecule has 0 heterocycles. The summed E-state index contributed by atoms with van der Waals surface area (Å²) in [7, 11) is 0. The van der Waals surface area contributed by atoms with E-state index in [1.807, 2.05) is 0 Å². The highest BCUT2D eigenvalue weighted by atomic mass is 32.2. The van der Waals surface area contributed by atoms with Crippen LogP contribution < -0.4 is 0 Å². The lowest BCUT2D eigenvalue weighted by molar-refractivity contribution is 0.191. The topological polar surface area (TPSA) is 40.5 Å². The minimum atomic E-state index is -1.18. The van der Waals surface area contributed by atoms with E-state index >= 15 is 0 Å². The predicted molar refractivity (Wildman–Crippen MR) is 37.8 cm³/mol. The smallest absolute Gasteiger partial charge is 0.427 e. The highest BCUT2D eigenvalue weighted by molar-refractivity contribution is 7.94. The summed E-state index contributed by atoms with van der Waals surface area (Å²) >= 11 is 6.58. The third-order valence-corrected chi connectivity index (χ3v) is 0.513. The molecular formula is CH6AlNO2S2. The van der Waals surface area contributed by atoms with Crippen LogP contribution in [0.15, 0.2) is 0 Å². The number of carboxylic acid groups (broad SMARTS) is 1. The highest BCUT2D eigenvalue weighted by Gasteiger charge is 1.95. The lowest BCUT2D eigenvalue weighted by Gasteiger charge is -1.95. The second kappa shape index (κ2) is 4.66. The first-order valence-corrected chi connectivity index (χ1v) is 1.85. The Hall–Kier alpha value is 0.502. The molecule has 0 atom stereocenters. The Labute approximate surface area is 62.9 Å². The van der Waals surface area contributed by atoms with Crippen molar-refractivity contribution in [2.75, 3.05) is 0 Å². The van der Waals surface area contributed by atoms with E-state index in [-0.39, 0.29) is 17.4 Å². The second-order valence-electron chi connectivity index (χ2n) is 0.572. The lowest BCUT2D eigenvalue weighted by atomic mass is 11.3. The van der Waals surface area contributed by atoms with E-state index in [9.17, 15) is 4.79 Å². The number of hydrogen-bond acceptors (Lipinski definition) is 3. The monoisotopic (exact) mass is 155 g/mol. The third-order valence-electron chi connectivity index (χ3n) is 0.171. The first kappa shape index (κ1) is 10.5. The molecule has 1 amide bonds. The fraction of sp³-hybridized carbons (Fsp3) is 0. The van der Waals surface area contributed by atoms with Crippen LogP contribution in [0.1, 0.15) is 0 Å². The van der Waals surface area contributed by atoms with E-state index in [4.69, 9.17) is 5.11 Å². The molecule has 0 aliphatic heterocycles. The van der Waals surface area contributed by atoms with Gasteiger partial charge in [-0.2, -0.15) is 3.71 Å². The Bertz CT molecular complexity index is 66.7. The Morgan fingerprint density at radius 3 is 1.71 bits per heavy atom. The van der Waals surface area contributed by atoms with Crippen molar-refractivity contribution < 1.29 is 9.90 Å². The van der Waals surface area contributed by atoms with Gasteiger partial charge in [-0.3, -0.25) is 0 Å². The molecule has 0 aliphatic rings. The van der Waals surface area contributed by atoms with Crippen molar-refractivity contribution in [1.29, 1.82) is 0 Å². The molecule has 6 heteroatoms. The van der Waals surface area contributed by atoms with Crippen molar-refractivity contribution in [2.45, 2.75) is 0 Å². The Kier molecular flexibility index (Phi) is 6.97. The molecule has 0 fully saturated rings. The van der Waals surface area contributed by atoms with Crippen LogP contribution in [0.25, 0.3) is 0 Å². The minimum absolute atomic E-state index is 0. The van der Waals surface area contributed by atoms with E-state index in [2.05, 4.69) is 25.6 Å². The lowest BCUT2D eigenvalue weighted by Crippen LogP contribution is -2.05. The third kappa shape index (κ3) is 6.50. The first-order valence-electron chi connectivity index (χ1n) is 1.05. The summed E-state index contributed by atoms with van der Waals surface area (Å²) in [5.74, 6) is 0. The standard InChI is InChI=1S/CH3NO2S2.Al.3H/c3-1(4)2(5)6;;;;/h5-6H,(H,3,4);;;;. The molecule has 0 radical (unpaired) electrons. The summed E-state index contributed by atoms with van der Waals surface area (Å²) < 4.78 is 0.472. The van der Waals surface area contributed by atoms with Crippen LogP contribution in [0, 0.1) is 0 Å². The molecule has 3 nitrogen and oxygen atoms in total. The van der Waals surface area contributed by atoms with Gasteiger partial charge in [0, 0.05) is 0 Å². The van der Waals surface area contributed by atoms with Gasteiger partial charge in [-0.05, 0) is 25.6 Å². The zero-order valence-corrected chi connectivity index (χ0v) is 4.49. The SMILES string of the molecule is O=C(O)N(S)S.[AlH3]. The molecule has 42 valence electrons. The maximum atomic E-state index is 9.47. The number of rotatable bonds is 0. The second-order valence-corrected chi connectivity index (χ2v) is 1.69. The van der Waals surface area contributed by atoms with Crippen LogP contribution in [0.3, 0.4) is 0 Å². The van der Waals surface area contributed by atoms with E-state index in [0.717, 1.165) is 0 Å². The number of hydrogen-bond donors (Lipinski definition) is 3. The van der Waals surface area contributed by atoms with E-state index < -0.39 is 6.09 Å². The largest absolute Gasteiger partial charge is 0.464 e. The van der Waals surface area contributed by atoms with Crippen LogP contribution in [0.2, 0.25) is 0 Å².